The summed E-state index contributed by atoms with van der Waals surface area (Å²) < 4.78 is 7.28. The van der Waals surface area contributed by atoms with E-state index < -0.39 is 0 Å². The molecule has 0 bridgehead atoms. The summed E-state index contributed by atoms with van der Waals surface area (Å²) in [4.78, 5) is 15.0. The average molecular weight is 431 g/mol. The molecule has 0 radical (unpaired) electrons. The summed E-state index contributed by atoms with van der Waals surface area (Å²) in [6.45, 7) is 7.50. The van der Waals surface area contributed by atoms with Crippen LogP contribution < -0.4 is 5.32 Å². The number of hydrogen-bond donors (Lipinski definition) is 1. The summed E-state index contributed by atoms with van der Waals surface area (Å²) in [5.41, 5.74) is 3.72. The van der Waals surface area contributed by atoms with Crippen LogP contribution in [0.25, 0.3) is 23.0 Å². The molecule has 1 fully saturated rings. The molecule has 32 heavy (non-hydrogen) atoms. The quantitative estimate of drug-likeness (QED) is 0.580. The molecule has 0 spiro atoms. The van der Waals surface area contributed by atoms with Gasteiger partial charge in [0.15, 0.2) is 0 Å². The zero-order chi connectivity index (χ0) is 22.3. The van der Waals surface area contributed by atoms with Gasteiger partial charge in [0.2, 0.25) is 5.91 Å². The molecule has 2 heterocycles. The highest BCUT2D eigenvalue weighted by Gasteiger charge is 2.22. The number of rotatable bonds is 7. The van der Waals surface area contributed by atoms with E-state index in [1.807, 2.05) is 77.6 Å². The molecule has 6 heteroatoms. The van der Waals surface area contributed by atoms with Gasteiger partial charge in [-0.25, -0.2) is 4.68 Å². The number of carbonyl (C=O) groups excluding carboxylic acids is 1. The zero-order valence-electron chi connectivity index (χ0n) is 18.6. The van der Waals surface area contributed by atoms with Gasteiger partial charge in [0.25, 0.3) is 0 Å². The topological polar surface area (TPSA) is 59.4 Å². The number of nitrogens with zero attached hydrogens (tertiary/aromatic N) is 3. The molecule has 2 atom stereocenters. The van der Waals surface area contributed by atoms with E-state index in [9.17, 15) is 4.79 Å². The summed E-state index contributed by atoms with van der Waals surface area (Å²) in [5.74, 6) is -0.107. The highest BCUT2D eigenvalue weighted by molar-refractivity contribution is 5.93. The standard InChI is InChI=1S/C26H30N4O2/c1-20(21(2)29-15-17-32-18-16-29)27-25(31)14-13-23-19-30(24-11-7-4-8-12-24)28-26(23)22-9-5-3-6-10-22/h3-14,19-21H,15-18H2,1-2H3,(H,27,31)/b14-13+. The van der Waals surface area contributed by atoms with Gasteiger partial charge in [-0.1, -0.05) is 48.5 Å². The Morgan fingerprint density at radius 1 is 1.03 bits per heavy atom. The predicted molar refractivity (Wildman–Crippen MR) is 127 cm³/mol. The molecule has 2 aromatic carbocycles. The maximum absolute atomic E-state index is 12.7. The number of carbonyl (C=O) groups is 1. The summed E-state index contributed by atoms with van der Waals surface area (Å²) in [6.07, 6.45) is 5.40. The van der Waals surface area contributed by atoms with E-state index in [2.05, 4.69) is 24.1 Å². The third kappa shape index (κ3) is 5.33. The summed E-state index contributed by atoms with van der Waals surface area (Å²) in [7, 11) is 0. The van der Waals surface area contributed by atoms with E-state index in [4.69, 9.17) is 9.84 Å². The van der Waals surface area contributed by atoms with Crippen LogP contribution in [-0.4, -0.2) is 59.0 Å². The van der Waals surface area contributed by atoms with Crippen LogP contribution in [0, 0.1) is 0 Å². The molecule has 1 aliphatic heterocycles. The summed E-state index contributed by atoms with van der Waals surface area (Å²) in [5, 5.41) is 7.90. The predicted octanol–water partition coefficient (Wildman–Crippen LogP) is 3.78. The fourth-order valence-corrected chi connectivity index (χ4v) is 3.90. The van der Waals surface area contributed by atoms with Crippen LogP contribution in [0.2, 0.25) is 0 Å². The minimum atomic E-state index is -0.107. The second-order valence-corrected chi connectivity index (χ2v) is 8.10. The molecule has 6 nitrogen and oxygen atoms in total. The molecule has 2 unspecified atom stereocenters. The van der Waals surface area contributed by atoms with Crippen LogP contribution >= 0.6 is 0 Å². The highest BCUT2D eigenvalue weighted by atomic mass is 16.5. The van der Waals surface area contributed by atoms with Crippen molar-refractivity contribution in [3.8, 4) is 16.9 Å². The number of nitrogens with one attached hydrogen (secondary N) is 1. The maximum Gasteiger partial charge on any atom is 0.244 e. The second kappa shape index (κ2) is 10.4. The molecule has 0 aliphatic carbocycles. The van der Waals surface area contributed by atoms with Crippen LogP contribution in [0.1, 0.15) is 19.4 Å². The summed E-state index contributed by atoms with van der Waals surface area (Å²) >= 11 is 0. The van der Waals surface area contributed by atoms with Crippen molar-refractivity contribution in [1.29, 1.82) is 0 Å². The lowest BCUT2D eigenvalue weighted by molar-refractivity contribution is -0.117. The number of benzene rings is 2. The third-order valence-corrected chi connectivity index (χ3v) is 5.94. The lowest BCUT2D eigenvalue weighted by atomic mass is 10.1. The van der Waals surface area contributed by atoms with Crippen LogP contribution in [0.15, 0.2) is 72.9 Å². The largest absolute Gasteiger partial charge is 0.379 e. The van der Waals surface area contributed by atoms with Crippen molar-refractivity contribution in [1.82, 2.24) is 20.0 Å². The minimum absolute atomic E-state index is 0.0332. The fourth-order valence-electron chi connectivity index (χ4n) is 3.90. The first-order chi connectivity index (χ1) is 15.6. The SMILES string of the molecule is CC(NC(=O)/C=C/c1cn(-c2ccccc2)nc1-c1ccccc1)C(C)N1CCOCC1. The Balaban J connectivity index is 1.51. The van der Waals surface area contributed by atoms with Crippen LogP contribution in [0.4, 0.5) is 0 Å². The normalized spacial score (nSPS) is 16.7. The van der Waals surface area contributed by atoms with E-state index >= 15 is 0 Å². The Morgan fingerprint density at radius 2 is 1.69 bits per heavy atom. The smallest absolute Gasteiger partial charge is 0.244 e. The van der Waals surface area contributed by atoms with Crippen molar-refractivity contribution < 1.29 is 9.53 Å². The Morgan fingerprint density at radius 3 is 2.38 bits per heavy atom. The number of amides is 1. The van der Waals surface area contributed by atoms with Gasteiger partial charge < -0.3 is 10.1 Å². The molecule has 1 aliphatic rings. The van der Waals surface area contributed by atoms with E-state index in [0.29, 0.717) is 0 Å². The molecule has 4 rings (SSSR count). The first-order valence-corrected chi connectivity index (χ1v) is 11.1. The van der Waals surface area contributed by atoms with Gasteiger partial charge >= 0.3 is 0 Å². The fraction of sp³-hybridized carbons (Fsp3) is 0.308. The van der Waals surface area contributed by atoms with Crippen LogP contribution in [0.3, 0.4) is 0 Å². The molecule has 3 aromatic rings. The first-order valence-electron chi connectivity index (χ1n) is 11.1. The van der Waals surface area contributed by atoms with Crippen molar-refractivity contribution in [2.24, 2.45) is 0 Å². The maximum atomic E-state index is 12.7. The summed E-state index contributed by atoms with van der Waals surface area (Å²) in [6, 6.07) is 20.3. The van der Waals surface area contributed by atoms with Crippen LogP contribution in [0.5, 0.6) is 0 Å². The van der Waals surface area contributed by atoms with Gasteiger partial charge in [0.05, 0.1) is 24.6 Å². The molecular formula is C26H30N4O2. The van der Waals surface area contributed by atoms with E-state index in [0.717, 1.165) is 48.8 Å². The Kier molecular flexibility index (Phi) is 7.14. The number of ether oxygens (including phenoxy) is 1. The molecule has 0 saturated carbocycles. The first kappa shape index (κ1) is 22.0. The van der Waals surface area contributed by atoms with Gasteiger partial charge in [-0.3, -0.25) is 9.69 Å². The minimum Gasteiger partial charge on any atom is -0.379 e. The molecule has 1 saturated heterocycles. The molecule has 166 valence electrons. The number of morpholine rings is 1. The number of hydrogen-bond acceptors (Lipinski definition) is 4. The van der Waals surface area contributed by atoms with E-state index in [-0.39, 0.29) is 18.0 Å². The average Bonchev–Trinajstić information content (AvgIpc) is 3.28. The van der Waals surface area contributed by atoms with E-state index in [1.165, 1.54) is 0 Å². The van der Waals surface area contributed by atoms with Gasteiger partial charge in [-0.05, 0) is 32.1 Å². The van der Waals surface area contributed by atoms with Gasteiger partial charge in [-0.15, -0.1) is 0 Å². The number of para-hydroxylation sites is 1. The van der Waals surface area contributed by atoms with Crippen molar-refractivity contribution in [3.05, 3.63) is 78.5 Å². The molecule has 1 amide bonds. The number of aromatic nitrogens is 2. The van der Waals surface area contributed by atoms with Crippen molar-refractivity contribution >= 4 is 12.0 Å². The highest BCUT2D eigenvalue weighted by Crippen LogP contribution is 2.24. The van der Waals surface area contributed by atoms with Crippen molar-refractivity contribution in [2.75, 3.05) is 26.3 Å². The zero-order valence-corrected chi connectivity index (χ0v) is 18.6. The van der Waals surface area contributed by atoms with Crippen molar-refractivity contribution in [3.63, 3.8) is 0 Å². The van der Waals surface area contributed by atoms with Crippen molar-refractivity contribution in [2.45, 2.75) is 25.9 Å². The van der Waals surface area contributed by atoms with Gasteiger partial charge in [0, 0.05) is 48.6 Å². The monoisotopic (exact) mass is 430 g/mol. The lowest BCUT2D eigenvalue weighted by Crippen LogP contribution is -2.51. The Bertz CT molecular complexity index is 1040. The Labute approximate surface area is 189 Å². The lowest BCUT2D eigenvalue weighted by Gasteiger charge is -2.35. The third-order valence-electron chi connectivity index (χ3n) is 5.94. The second-order valence-electron chi connectivity index (χ2n) is 8.10. The van der Waals surface area contributed by atoms with Gasteiger partial charge in [-0.2, -0.15) is 5.10 Å². The van der Waals surface area contributed by atoms with E-state index in [1.54, 1.807) is 6.08 Å². The molecule has 1 aromatic heterocycles. The molecule has 1 N–H and O–H groups in total. The van der Waals surface area contributed by atoms with Crippen LogP contribution in [-0.2, 0) is 9.53 Å². The van der Waals surface area contributed by atoms with Gasteiger partial charge in [0.1, 0.15) is 0 Å². The Hall–Kier alpha value is -3.22. The molecular weight excluding hydrogens is 400 g/mol.